The summed E-state index contributed by atoms with van der Waals surface area (Å²) in [4.78, 5) is 11.4. The van der Waals surface area contributed by atoms with E-state index >= 15 is 0 Å². The molecule has 0 spiro atoms. The topological polar surface area (TPSA) is 55.0 Å². The molecule has 2 N–H and O–H groups in total. The van der Waals surface area contributed by atoms with Gasteiger partial charge in [0.2, 0.25) is 0 Å². The fourth-order valence-electron chi connectivity index (χ4n) is 2.43. The first-order valence-electron chi connectivity index (χ1n) is 6.64. The number of benzene rings is 1. The minimum atomic E-state index is 0.260. The molecule has 4 nitrogen and oxygen atoms in total. The van der Waals surface area contributed by atoms with Crippen molar-refractivity contribution in [2.24, 2.45) is 5.73 Å². The zero-order chi connectivity index (χ0) is 13.2. The van der Waals surface area contributed by atoms with Crippen LogP contribution in [0.4, 0.5) is 5.82 Å². The molecule has 1 aliphatic heterocycles. The predicted octanol–water partition coefficient (Wildman–Crippen LogP) is 1.99. The van der Waals surface area contributed by atoms with Crippen molar-refractivity contribution in [2.75, 3.05) is 18.0 Å². The van der Waals surface area contributed by atoms with Crippen LogP contribution in [0.3, 0.4) is 0 Å². The van der Waals surface area contributed by atoms with Crippen LogP contribution in [0.25, 0.3) is 11.4 Å². The summed E-state index contributed by atoms with van der Waals surface area (Å²) in [6.07, 6.45) is 1.03. The molecule has 0 bridgehead atoms. The van der Waals surface area contributed by atoms with Gasteiger partial charge in [0.1, 0.15) is 5.82 Å². The number of nitrogens with two attached hydrogens (primary N) is 1. The van der Waals surface area contributed by atoms with E-state index in [0.29, 0.717) is 0 Å². The standard InChI is InChI=1S/C15H18N4/c1-11-9-14(19-8-7-13(16)10-19)18-15(17-11)12-5-3-2-4-6-12/h2-6,9,13H,7-8,10,16H2,1H3. The van der Waals surface area contributed by atoms with Gasteiger partial charge in [0, 0.05) is 36.5 Å². The van der Waals surface area contributed by atoms with Crippen molar-refractivity contribution in [3.05, 3.63) is 42.1 Å². The molecule has 0 saturated carbocycles. The lowest BCUT2D eigenvalue weighted by molar-refractivity contribution is 0.751. The molecule has 3 rings (SSSR count). The number of hydrogen-bond donors (Lipinski definition) is 1. The number of aryl methyl sites for hydroxylation is 1. The van der Waals surface area contributed by atoms with E-state index in [1.54, 1.807) is 0 Å². The second-order valence-electron chi connectivity index (χ2n) is 5.05. The lowest BCUT2D eigenvalue weighted by Crippen LogP contribution is -2.27. The lowest BCUT2D eigenvalue weighted by Gasteiger charge is -2.18. The molecule has 0 aliphatic carbocycles. The number of anilines is 1. The van der Waals surface area contributed by atoms with E-state index in [9.17, 15) is 0 Å². The molecule has 1 aromatic heterocycles. The Hall–Kier alpha value is -1.94. The van der Waals surface area contributed by atoms with Crippen LogP contribution in [-0.4, -0.2) is 29.1 Å². The van der Waals surface area contributed by atoms with Gasteiger partial charge in [-0.3, -0.25) is 0 Å². The van der Waals surface area contributed by atoms with E-state index in [1.807, 2.05) is 43.3 Å². The highest BCUT2D eigenvalue weighted by Crippen LogP contribution is 2.22. The number of nitrogens with zero attached hydrogens (tertiary/aromatic N) is 3. The van der Waals surface area contributed by atoms with Gasteiger partial charge in [0.15, 0.2) is 5.82 Å². The molecule has 1 saturated heterocycles. The molecule has 0 amide bonds. The smallest absolute Gasteiger partial charge is 0.161 e. The molecule has 1 unspecified atom stereocenters. The molecule has 2 heterocycles. The third-order valence-corrected chi connectivity index (χ3v) is 3.42. The van der Waals surface area contributed by atoms with Gasteiger partial charge in [-0.2, -0.15) is 0 Å². The van der Waals surface area contributed by atoms with Crippen LogP contribution in [0, 0.1) is 6.92 Å². The Balaban J connectivity index is 1.97. The van der Waals surface area contributed by atoms with Gasteiger partial charge in [-0.05, 0) is 13.3 Å². The molecular formula is C15H18N4. The van der Waals surface area contributed by atoms with Crippen molar-refractivity contribution in [1.82, 2.24) is 9.97 Å². The first-order chi connectivity index (χ1) is 9.22. The highest BCUT2D eigenvalue weighted by molar-refractivity contribution is 5.58. The lowest BCUT2D eigenvalue weighted by atomic mass is 10.2. The van der Waals surface area contributed by atoms with E-state index in [4.69, 9.17) is 5.73 Å². The summed E-state index contributed by atoms with van der Waals surface area (Å²) in [5.74, 6) is 1.77. The Morgan fingerprint density at radius 1 is 1.21 bits per heavy atom. The average Bonchev–Trinajstić information content (AvgIpc) is 2.86. The highest BCUT2D eigenvalue weighted by atomic mass is 15.2. The molecule has 1 aliphatic rings. The summed E-state index contributed by atoms with van der Waals surface area (Å²) in [5, 5.41) is 0. The van der Waals surface area contributed by atoms with Crippen LogP contribution >= 0.6 is 0 Å². The molecule has 1 aromatic carbocycles. The van der Waals surface area contributed by atoms with Crippen molar-refractivity contribution in [2.45, 2.75) is 19.4 Å². The van der Waals surface area contributed by atoms with Gasteiger partial charge >= 0.3 is 0 Å². The van der Waals surface area contributed by atoms with Gasteiger partial charge in [-0.1, -0.05) is 30.3 Å². The fraction of sp³-hybridized carbons (Fsp3) is 0.333. The SMILES string of the molecule is Cc1cc(N2CCC(N)C2)nc(-c2ccccc2)n1. The van der Waals surface area contributed by atoms with Gasteiger partial charge in [-0.15, -0.1) is 0 Å². The van der Waals surface area contributed by atoms with Crippen LogP contribution in [0.2, 0.25) is 0 Å². The third-order valence-electron chi connectivity index (χ3n) is 3.42. The van der Waals surface area contributed by atoms with Gasteiger partial charge in [0.05, 0.1) is 0 Å². The normalized spacial score (nSPS) is 18.8. The van der Waals surface area contributed by atoms with Crippen molar-refractivity contribution in [1.29, 1.82) is 0 Å². The molecular weight excluding hydrogens is 236 g/mol. The largest absolute Gasteiger partial charge is 0.355 e. The molecule has 4 heteroatoms. The molecule has 1 fully saturated rings. The number of aromatic nitrogens is 2. The minimum absolute atomic E-state index is 0.260. The summed E-state index contributed by atoms with van der Waals surface area (Å²) in [7, 11) is 0. The summed E-state index contributed by atoms with van der Waals surface area (Å²) < 4.78 is 0. The molecule has 1 atom stereocenters. The number of hydrogen-bond acceptors (Lipinski definition) is 4. The van der Waals surface area contributed by atoms with E-state index in [-0.39, 0.29) is 6.04 Å². The van der Waals surface area contributed by atoms with Crippen LogP contribution in [0.1, 0.15) is 12.1 Å². The second-order valence-corrected chi connectivity index (χ2v) is 5.05. The predicted molar refractivity (Wildman–Crippen MR) is 77.0 cm³/mol. The summed E-state index contributed by atoms with van der Waals surface area (Å²) in [6.45, 7) is 3.87. The van der Waals surface area contributed by atoms with Crippen molar-refractivity contribution >= 4 is 5.82 Å². The second kappa shape index (κ2) is 4.97. The van der Waals surface area contributed by atoms with Crippen molar-refractivity contribution < 1.29 is 0 Å². The molecule has 0 radical (unpaired) electrons. The van der Waals surface area contributed by atoms with Gasteiger partial charge in [0.25, 0.3) is 0 Å². The van der Waals surface area contributed by atoms with Crippen LogP contribution < -0.4 is 10.6 Å². The zero-order valence-corrected chi connectivity index (χ0v) is 11.1. The van der Waals surface area contributed by atoms with Crippen molar-refractivity contribution in [3.8, 4) is 11.4 Å². The van der Waals surface area contributed by atoms with Crippen LogP contribution in [0.5, 0.6) is 0 Å². The summed E-state index contributed by atoms with van der Waals surface area (Å²) in [5.41, 5.74) is 8.01. The third kappa shape index (κ3) is 2.58. The van der Waals surface area contributed by atoms with Crippen molar-refractivity contribution in [3.63, 3.8) is 0 Å². The Bertz CT molecular complexity index is 568. The van der Waals surface area contributed by atoms with E-state index in [2.05, 4.69) is 14.9 Å². The molecule has 2 aromatic rings. The van der Waals surface area contributed by atoms with Crippen LogP contribution in [0.15, 0.2) is 36.4 Å². The maximum absolute atomic E-state index is 5.96. The summed E-state index contributed by atoms with van der Waals surface area (Å²) >= 11 is 0. The zero-order valence-electron chi connectivity index (χ0n) is 11.1. The average molecular weight is 254 g/mol. The Morgan fingerprint density at radius 3 is 2.68 bits per heavy atom. The van der Waals surface area contributed by atoms with Gasteiger partial charge < -0.3 is 10.6 Å². The minimum Gasteiger partial charge on any atom is -0.355 e. The first-order valence-corrected chi connectivity index (χ1v) is 6.64. The molecule has 19 heavy (non-hydrogen) atoms. The van der Waals surface area contributed by atoms with E-state index in [1.165, 1.54) is 0 Å². The fourth-order valence-corrected chi connectivity index (χ4v) is 2.43. The Morgan fingerprint density at radius 2 is 2.00 bits per heavy atom. The molecule has 98 valence electrons. The monoisotopic (exact) mass is 254 g/mol. The Labute approximate surface area is 113 Å². The first kappa shape index (κ1) is 12.1. The maximum atomic E-state index is 5.96. The van der Waals surface area contributed by atoms with Gasteiger partial charge in [-0.25, -0.2) is 9.97 Å². The summed E-state index contributed by atoms with van der Waals surface area (Å²) in [6, 6.07) is 12.4. The van der Waals surface area contributed by atoms with Crippen LogP contribution in [-0.2, 0) is 0 Å². The van der Waals surface area contributed by atoms with E-state index < -0.39 is 0 Å². The Kier molecular flexibility index (Phi) is 3.17. The highest BCUT2D eigenvalue weighted by Gasteiger charge is 2.21. The maximum Gasteiger partial charge on any atom is 0.161 e. The number of rotatable bonds is 2. The quantitative estimate of drug-likeness (QED) is 0.890. The van der Waals surface area contributed by atoms with E-state index in [0.717, 1.165) is 42.4 Å².